The standard InChI is InChI=1S/C15H22FNO2/c1-10-8-13(16)15(19-3)14(18-2)12(10)9-11-6-4-5-7-17-11/h8,11,17H,4-7,9H2,1-3H3. The van der Waals surface area contributed by atoms with Gasteiger partial charge in [-0.1, -0.05) is 6.42 Å². The summed E-state index contributed by atoms with van der Waals surface area (Å²) < 4.78 is 24.3. The van der Waals surface area contributed by atoms with E-state index in [1.165, 1.54) is 26.0 Å². The lowest BCUT2D eigenvalue weighted by Gasteiger charge is -2.25. The molecule has 0 amide bonds. The first kappa shape index (κ1) is 14.1. The highest BCUT2D eigenvalue weighted by molar-refractivity contribution is 5.51. The van der Waals surface area contributed by atoms with Crippen LogP contribution in [0, 0.1) is 12.7 Å². The summed E-state index contributed by atoms with van der Waals surface area (Å²) in [4.78, 5) is 0. The minimum absolute atomic E-state index is 0.207. The van der Waals surface area contributed by atoms with Crippen LogP contribution in [0.15, 0.2) is 6.07 Å². The second-order valence-electron chi connectivity index (χ2n) is 5.07. The molecule has 1 aliphatic heterocycles. The number of ether oxygens (including phenoxy) is 2. The number of piperidine rings is 1. The highest BCUT2D eigenvalue weighted by Crippen LogP contribution is 2.37. The van der Waals surface area contributed by atoms with Crippen molar-refractivity contribution in [2.75, 3.05) is 20.8 Å². The molecule has 0 radical (unpaired) electrons. The number of rotatable bonds is 4. The zero-order valence-electron chi connectivity index (χ0n) is 11.9. The van der Waals surface area contributed by atoms with E-state index in [1.54, 1.807) is 7.11 Å². The maximum atomic E-state index is 13.8. The van der Waals surface area contributed by atoms with E-state index in [-0.39, 0.29) is 11.6 Å². The van der Waals surface area contributed by atoms with Gasteiger partial charge >= 0.3 is 0 Å². The molecule has 4 heteroatoms. The lowest BCUT2D eigenvalue weighted by atomic mass is 9.94. The monoisotopic (exact) mass is 267 g/mol. The summed E-state index contributed by atoms with van der Waals surface area (Å²) >= 11 is 0. The van der Waals surface area contributed by atoms with Gasteiger partial charge in [0.25, 0.3) is 0 Å². The van der Waals surface area contributed by atoms with Gasteiger partial charge in [-0.2, -0.15) is 0 Å². The average Bonchev–Trinajstić information content (AvgIpc) is 2.42. The van der Waals surface area contributed by atoms with E-state index >= 15 is 0 Å². The molecule has 0 aromatic heterocycles. The Kier molecular flexibility index (Phi) is 4.64. The lowest BCUT2D eigenvalue weighted by molar-refractivity contribution is 0.329. The molecule has 1 N–H and O–H groups in total. The molecule has 0 spiro atoms. The van der Waals surface area contributed by atoms with E-state index in [4.69, 9.17) is 9.47 Å². The third-order valence-corrected chi connectivity index (χ3v) is 3.79. The second-order valence-corrected chi connectivity index (χ2v) is 5.07. The molecule has 1 fully saturated rings. The summed E-state index contributed by atoms with van der Waals surface area (Å²) in [7, 11) is 3.04. The minimum atomic E-state index is -0.364. The third-order valence-electron chi connectivity index (χ3n) is 3.79. The molecule has 1 aromatic rings. The maximum absolute atomic E-state index is 13.8. The number of nitrogens with one attached hydrogen (secondary N) is 1. The first-order valence-electron chi connectivity index (χ1n) is 6.80. The van der Waals surface area contributed by atoms with Gasteiger partial charge in [0.1, 0.15) is 0 Å². The number of benzene rings is 1. The molecule has 0 saturated carbocycles. The fourth-order valence-corrected chi connectivity index (χ4v) is 2.77. The largest absolute Gasteiger partial charge is 0.492 e. The van der Waals surface area contributed by atoms with Gasteiger partial charge in [0.15, 0.2) is 17.3 Å². The fraction of sp³-hybridized carbons (Fsp3) is 0.600. The van der Waals surface area contributed by atoms with Crippen LogP contribution in [0.4, 0.5) is 4.39 Å². The van der Waals surface area contributed by atoms with Crippen LogP contribution in [0.25, 0.3) is 0 Å². The Balaban J connectivity index is 2.32. The quantitative estimate of drug-likeness (QED) is 0.910. The van der Waals surface area contributed by atoms with Crippen LogP contribution in [0.5, 0.6) is 11.5 Å². The van der Waals surface area contributed by atoms with Gasteiger partial charge in [-0.3, -0.25) is 0 Å². The Morgan fingerprint density at radius 2 is 2.00 bits per heavy atom. The summed E-state index contributed by atoms with van der Waals surface area (Å²) in [5.74, 6) is 0.378. The predicted octanol–water partition coefficient (Wildman–Crippen LogP) is 2.84. The van der Waals surface area contributed by atoms with Crippen molar-refractivity contribution in [3.63, 3.8) is 0 Å². The first-order valence-corrected chi connectivity index (χ1v) is 6.80. The normalized spacial score (nSPS) is 19.3. The lowest BCUT2D eigenvalue weighted by Crippen LogP contribution is -2.35. The van der Waals surface area contributed by atoms with Gasteiger partial charge in [-0.15, -0.1) is 0 Å². The molecular formula is C15H22FNO2. The van der Waals surface area contributed by atoms with E-state index in [2.05, 4.69) is 5.32 Å². The first-order chi connectivity index (χ1) is 9.17. The predicted molar refractivity (Wildman–Crippen MR) is 73.6 cm³/mol. The Labute approximate surface area is 114 Å². The molecule has 106 valence electrons. The van der Waals surface area contributed by atoms with Crippen LogP contribution in [-0.4, -0.2) is 26.8 Å². The summed E-state index contributed by atoms with van der Waals surface area (Å²) in [6.45, 7) is 2.98. The molecule has 3 nitrogen and oxygen atoms in total. The van der Waals surface area contributed by atoms with Crippen molar-refractivity contribution in [1.29, 1.82) is 0 Å². The number of halogens is 1. The summed E-state index contributed by atoms with van der Waals surface area (Å²) in [5.41, 5.74) is 1.96. The van der Waals surface area contributed by atoms with E-state index in [9.17, 15) is 4.39 Å². The van der Waals surface area contributed by atoms with Crippen molar-refractivity contribution in [3.05, 3.63) is 23.0 Å². The van der Waals surface area contributed by atoms with Gasteiger partial charge in [-0.05, 0) is 44.4 Å². The zero-order valence-corrected chi connectivity index (χ0v) is 11.9. The fourth-order valence-electron chi connectivity index (χ4n) is 2.77. The Bertz CT molecular complexity index is 442. The Hall–Kier alpha value is -1.29. The highest BCUT2D eigenvalue weighted by atomic mass is 19.1. The molecule has 1 aliphatic rings. The maximum Gasteiger partial charge on any atom is 0.197 e. The molecule has 0 bridgehead atoms. The van der Waals surface area contributed by atoms with Gasteiger partial charge < -0.3 is 14.8 Å². The molecule has 2 rings (SSSR count). The van der Waals surface area contributed by atoms with Crippen molar-refractivity contribution >= 4 is 0 Å². The van der Waals surface area contributed by atoms with Crippen molar-refractivity contribution in [1.82, 2.24) is 5.32 Å². The smallest absolute Gasteiger partial charge is 0.197 e. The van der Waals surface area contributed by atoms with Crippen LogP contribution in [-0.2, 0) is 6.42 Å². The van der Waals surface area contributed by atoms with Crippen LogP contribution < -0.4 is 14.8 Å². The summed E-state index contributed by atoms with van der Waals surface area (Å²) in [6.07, 6.45) is 4.49. The van der Waals surface area contributed by atoms with E-state index in [0.29, 0.717) is 11.8 Å². The minimum Gasteiger partial charge on any atom is -0.492 e. The number of aryl methyl sites for hydroxylation is 1. The van der Waals surface area contributed by atoms with Crippen LogP contribution in [0.2, 0.25) is 0 Å². The molecule has 0 aliphatic carbocycles. The van der Waals surface area contributed by atoms with Gasteiger partial charge in [0, 0.05) is 11.6 Å². The molecule has 1 atom stereocenters. The number of hydrogen-bond acceptors (Lipinski definition) is 3. The van der Waals surface area contributed by atoms with Gasteiger partial charge in [-0.25, -0.2) is 4.39 Å². The number of hydrogen-bond donors (Lipinski definition) is 1. The molecule has 1 heterocycles. The van der Waals surface area contributed by atoms with Gasteiger partial charge in [0.2, 0.25) is 0 Å². The topological polar surface area (TPSA) is 30.5 Å². The second kappa shape index (κ2) is 6.24. The van der Waals surface area contributed by atoms with E-state index < -0.39 is 0 Å². The number of methoxy groups -OCH3 is 2. The van der Waals surface area contributed by atoms with Crippen molar-refractivity contribution in [3.8, 4) is 11.5 Å². The van der Waals surface area contributed by atoms with E-state index in [1.807, 2.05) is 6.92 Å². The highest BCUT2D eigenvalue weighted by Gasteiger charge is 2.22. The van der Waals surface area contributed by atoms with Crippen molar-refractivity contribution < 1.29 is 13.9 Å². The van der Waals surface area contributed by atoms with E-state index in [0.717, 1.165) is 30.5 Å². The summed E-state index contributed by atoms with van der Waals surface area (Å²) in [5, 5.41) is 3.51. The Morgan fingerprint density at radius 1 is 1.26 bits per heavy atom. The van der Waals surface area contributed by atoms with Crippen LogP contribution >= 0.6 is 0 Å². The molecule has 19 heavy (non-hydrogen) atoms. The molecule has 1 saturated heterocycles. The molecule has 1 aromatic carbocycles. The zero-order chi connectivity index (χ0) is 13.8. The van der Waals surface area contributed by atoms with Crippen molar-refractivity contribution in [2.24, 2.45) is 0 Å². The molecular weight excluding hydrogens is 245 g/mol. The Morgan fingerprint density at radius 3 is 2.58 bits per heavy atom. The average molecular weight is 267 g/mol. The van der Waals surface area contributed by atoms with Crippen molar-refractivity contribution in [2.45, 2.75) is 38.6 Å². The van der Waals surface area contributed by atoms with Crippen LogP contribution in [0.3, 0.4) is 0 Å². The molecule has 1 unspecified atom stereocenters. The summed E-state index contributed by atoms with van der Waals surface area (Å²) in [6, 6.07) is 1.97. The van der Waals surface area contributed by atoms with Gasteiger partial charge in [0.05, 0.1) is 14.2 Å². The van der Waals surface area contributed by atoms with Crippen LogP contribution in [0.1, 0.15) is 30.4 Å². The third kappa shape index (κ3) is 3.00. The SMILES string of the molecule is COc1c(F)cc(C)c(CC2CCCCN2)c1OC.